The summed E-state index contributed by atoms with van der Waals surface area (Å²) in [5, 5.41) is 3.06. The second kappa shape index (κ2) is 7.70. The summed E-state index contributed by atoms with van der Waals surface area (Å²) in [5.41, 5.74) is 0.527. The van der Waals surface area contributed by atoms with E-state index in [4.69, 9.17) is 0 Å². The summed E-state index contributed by atoms with van der Waals surface area (Å²) in [6, 6.07) is 1.23. The normalized spacial score (nSPS) is 14.8. The van der Waals surface area contributed by atoms with E-state index in [1.165, 1.54) is 6.20 Å². The summed E-state index contributed by atoms with van der Waals surface area (Å²) >= 11 is 0. The van der Waals surface area contributed by atoms with E-state index in [1.54, 1.807) is 25.4 Å². The molecule has 0 bridgehead atoms. The fourth-order valence-electron chi connectivity index (χ4n) is 1.71. The smallest absolute Gasteiger partial charge is 0.244 e. The van der Waals surface area contributed by atoms with Gasteiger partial charge in [-0.1, -0.05) is 6.92 Å². The molecule has 1 aromatic rings. The minimum atomic E-state index is -3.68. The maximum Gasteiger partial charge on any atom is 0.244 e. The van der Waals surface area contributed by atoms with Crippen LogP contribution in [0.3, 0.4) is 0 Å². The molecule has 0 amide bonds. The van der Waals surface area contributed by atoms with Gasteiger partial charge in [0.05, 0.1) is 5.69 Å². The van der Waals surface area contributed by atoms with Crippen LogP contribution in [0.25, 0.3) is 0 Å². The van der Waals surface area contributed by atoms with Gasteiger partial charge in [-0.25, -0.2) is 13.1 Å². The van der Waals surface area contributed by atoms with E-state index >= 15 is 0 Å². The summed E-state index contributed by atoms with van der Waals surface area (Å²) in [7, 11) is -4.73. The molecule has 114 valence electrons. The Bertz CT molecular complexity index is 561. The van der Waals surface area contributed by atoms with Crippen molar-refractivity contribution < 1.29 is 12.6 Å². The zero-order valence-corrected chi connectivity index (χ0v) is 13.6. The maximum absolute atomic E-state index is 12.3. The lowest BCUT2D eigenvalue weighted by Gasteiger charge is -2.15. The van der Waals surface area contributed by atoms with Crippen molar-refractivity contribution in [3.8, 4) is 0 Å². The molecule has 1 heterocycles. The molecule has 0 fully saturated rings. The van der Waals surface area contributed by atoms with Crippen molar-refractivity contribution in [1.82, 2.24) is 9.71 Å². The third-order valence-electron chi connectivity index (χ3n) is 2.48. The van der Waals surface area contributed by atoms with Crippen molar-refractivity contribution in [1.29, 1.82) is 0 Å². The van der Waals surface area contributed by atoms with E-state index in [1.807, 2.05) is 6.92 Å². The number of nitrogens with zero attached hydrogens (tertiary/aromatic N) is 1. The molecule has 0 aliphatic carbocycles. The third kappa shape index (κ3) is 5.18. The highest BCUT2D eigenvalue weighted by molar-refractivity contribution is 7.89. The second-order valence-electron chi connectivity index (χ2n) is 4.56. The van der Waals surface area contributed by atoms with E-state index < -0.39 is 26.9 Å². The Labute approximate surface area is 122 Å². The average molecular weight is 319 g/mol. The molecule has 20 heavy (non-hydrogen) atoms. The minimum Gasteiger partial charge on any atom is -0.384 e. The molecular weight excluding hydrogens is 298 g/mol. The fraction of sp³-hybridized carbons (Fsp3) is 0.583. The molecule has 1 rings (SSSR count). The van der Waals surface area contributed by atoms with Crippen LogP contribution in [-0.4, -0.2) is 42.2 Å². The number of hydrogen-bond donors (Lipinski definition) is 2. The van der Waals surface area contributed by atoms with E-state index in [9.17, 15) is 12.6 Å². The SMILES string of the molecule is CCCNc1ccncc1S(=O)(=O)NC(C)CS(C)=O. The number of hydrogen-bond acceptors (Lipinski definition) is 5. The number of anilines is 1. The topological polar surface area (TPSA) is 88.2 Å². The molecule has 6 nitrogen and oxygen atoms in total. The monoisotopic (exact) mass is 319 g/mol. The van der Waals surface area contributed by atoms with Crippen LogP contribution in [0.1, 0.15) is 20.3 Å². The van der Waals surface area contributed by atoms with E-state index in [0.29, 0.717) is 12.2 Å². The Morgan fingerprint density at radius 1 is 1.45 bits per heavy atom. The van der Waals surface area contributed by atoms with Gasteiger partial charge >= 0.3 is 0 Å². The molecule has 2 N–H and O–H groups in total. The van der Waals surface area contributed by atoms with Crippen LogP contribution in [0.5, 0.6) is 0 Å². The molecule has 8 heteroatoms. The fourth-order valence-corrected chi connectivity index (χ4v) is 3.98. The molecule has 0 saturated heterocycles. The van der Waals surface area contributed by atoms with Gasteiger partial charge in [0.2, 0.25) is 10.0 Å². The highest BCUT2D eigenvalue weighted by Crippen LogP contribution is 2.19. The molecular formula is C12H21N3O3S2. The first-order valence-electron chi connectivity index (χ1n) is 6.37. The van der Waals surface area contributed by atoms with Crippen molar-refractivity contribution in [2.45, 2.75) is 31.2 Å². The third-order valence-corrected chi connectivity index (χ3v) is 5.07. The van der Waals surface area contributed by atoms with Crippen LogP contribution in [-0.2, 0) is 20.8 Å². The van der Waals surface area contributed by atoms with E-state index in [-0.39, 0.29) is 10.6 Å². The van der Waals surface area contributed by atoms with Crippen molar-refractivity contribution in [2.24, 2.45) is 0 Å². The summed E-state index contributed by atoms with van der Waals surface area (Å²) in [4.78, 5) is 3.98. The predicted molar refractivity (Wildman–Crippen MR) is 81.7 cm³/mol. The Morgan fingerprint density at radius 3 is 2.75 bits per heavy atom. The van der Waals surface area contributed by atoms with Crippen LogP contribution in [0, 0.1) is 0 Å². The molecule has 0 saturated carbocycles. The number of aromatic nitrogens is 1. The van der Waals surface area contributed by atoms with Crippen molar-refractivity contribution in [2.75, 3.05) is 23.9 Å². The van der Waals surface area contributed by atoms with Gasteiger partial charge in [-0.05, 0) is 19.4 Å². The van der Waals surface area contributed by atoms with Gasteiger partial charge in [0.25, 0.3) is 0 Å². The average Bonchev–Trinajstić information content (AvgIpc) is 2.34. The standard InChI is InChI=1S/C12H21N3O3S2/c1-4-6-14-11-5-7-13-8-12(11)20(17,18)15-10(2)9-19(3)16/h5,7-8,10,15H,4,6,9H2,1-3H3,(H,13,14). The maximum atomic E-state index is 12.3. The van der Waals surface area contributed by atoms with Crippen molar-refractivity contribution in [3.63, 3.8) is 0 Å². The van der Waals surface area contributed by atoms with Gasteiger partial charge in [0, 0.05) is 47.8 Å². The van der Waals surface area contributed by atoms with Crippen LogP contribution in [0.2, 0.25) is 0 Å². The number of pyridine rings is 1. The Hall–Kier alpha value is -0.990. The molecule has 1 aromatic heterocycles. The van der Waals surface area contributed by atoms with Gasteiger partial charge in [0.1, 0.15) is 4.90 Å². The highest BCUT2D eigenvalue weighted by atomic mass is 32.2. The quantitative estimate of drug-likeness (QED) is 0.745. The molecule has 0 aliphatic heterocycles. The summed E-state index contributed by atoms with van der Waals surface area (Å²) in [6.07, 6.45) is 5.29. The Balaban J connectivity index is 2.94. The highest BCUT2D eigenvalue weighted by Gasteiger charge is 2.21. The zero-order valence-electron chi connectivity index (χ0n) is 11.9. The largest absolute Gasteiger partial charge is 0.384 e. The first-order chi connectivity index (χ1) is 9.36. The van der Waals surface area contributed by atoms with Gasteiger partial charge in [0.15, 0.2) is 0 Å². The van der Waals surface area contributed by atoms with Crippen LogP contribution in [0.4, 0.5) is 5.69 Å². The second-order valence-corrected chi connectivity index (χ2v) is 7.72. The van der Waals surface area contributed by atoms with Gasteiger partial charge < -0.3 is 5.32 Å². The van der Waals surface area contributed by atoms with E-state index in [2.05, 4.69) is 15.0 Å². The molecule has 0 aliphatic rings. The molecule has 2 unspecified atom stereocenters. The molecule has 0 spiro atoms. The number of sulfonamides is 1. The van der Waals surface area contributed by atoms with Crippen LogP contribution >= 0.6 is 0 Å². The first kappa shape index (κ1) is 17.1. The van der Waals surface area contributed by atoms with Crippen molar-refractivity contribution in [3.05, 3.63) is 18.5 Å². The van der Waals surface area contributed by atoms with Gasteiger partial charge in [-0.3, -0.25) is 9.19 Å². The lowest BCUT2D eigenvalue weighted by molar-refractivity contribution is 0.570. The summed E-state index contributed by atoms with van der Waals surface area (Å²) in [6.45, 7) is 4.37. The number of rotatable bonds is 8. The zero-order chi connectivity index (χ0) is 15.2. The van der Waals surface area contributed by atoms with Gasteiger partial charge in [-0.15, -0.1) is 0 Å². The molecule has 0 radical (unpaired) electrons. The van der Waals surface area contributed by atoms with E-state index in [0.717, 1.165) is 6.42 Å². The summed E-state index contributed by atoms with van der Waals surface area (Å²) < 4.78 is 38.3. The minimum absolute atomic E-state index is 0.113. The Morgan fingerprint density at radius 2 is 2.15 bits per heavy atom. The number of nitrogens with one attached hydrogen (secondary N) is 2. The first-order valence-corrected chi connectivity index (χ1v) is 9.58. The van der Waals surface area contributed by atoms with Crippen molar-refractivity contribution >= 4 is 26.5 Å². The van der Waals surface area contributed by atoms with Crippen LogP contribution < -0.4 is 10.0 Å². The summed E-state index contributed by atoms with van der Waals surface area (Å²) in [5.74, 6) is 0.275. The van der Waals surface area contributed by atoms with Gasteiger partial charge in [-0.2, -0.15) is 0 Å². The lowest BCUT2D eigenvalue weighted by atomic mass is 10.4. The molecule has 0 aromatic carbocycles. The van der Waals surface area contributed by atoms with Crippen LogP contribution in [0.15, 0.2) is 23.4 Å². The lowest BCUT2D eigenvalue weighted by Crippen LogP contribution is -2.36. The molecule has 2 atom stereocenters. The predicted octanol–water partition coefficient (Wildman–Crippen LogP) is 0.949. The Kier molecular flexibility index (Phi) is 6.57.